The number of carbonyl (C=O) groups is 1. The fourth-order valence-corrected chi connectivity index (χ4v) is 3.65. The third-order valence-electron chi connectivity index (χ3n) is 5.21. The summed E-state index contributed by atoms with van der Waals surface area (Å²) in [5.74, 6) is -0.00126. The Balaban J connectivity index is 2.99. The third-order valence-corrected chi connectivity index (χ3v) is 5.67. The Bertz CT molecular complexity index is 269. The molecule has 0 rings (SSSR count). The molecule has 0 aliphatic heterocycles. The van der Waals surface area contributed by atoms with Crippen LogP contribution in [0.5, 0.6) is 0 Å². The van der Waals surface area contributed by atoms with Gasteiger partial charge in [-0.05, 0) is 6.42 Å². The molecule has 0 heterocycles. The minimum Gasteiger partial charge on any atom is -0.621 e. The average Bonchev–Trinajstić information content (AvgIpc) is 2.63. The summed E-state index contributed by atoms with van der Waals surface area (Å²) < 4.78 is 4.79. The Labute approximate surface area is 166 Å². The van der Waals surface area contributed by atoms with Gasteiger partial charge in [-0.3, -0.25) is 4.79 Å². The van der Waals surface area contributed by atoms with Crippen molar-refractivity contribution in [3.05, 3.63) is 0 Å². The average molecular weight is 369 g/mol. The molecular formula is C22H45AlO2. The predicted molar refractivity (Wildman–Crippen MR) is 113 cm³/mol. The van der Waals surface area contributed by atoms with Crippen LogP contribution in [0, 0.1) is 0 Å². The number of carbonyl (C=O) groups excluding carboxylic acids is 1. The molecule has 0 amide bonds. The zero-order valence-electron chi connectivity index (χ0n) is 17.5. The summed E-state index contributed by atoms with van der Waals surface area (Å²) >= 11 is 0.544. The zero-order valence-corrected chi connectivity index (χ0v) is 19.5. The van der Waals surface area contributed by atoms with Gasteiger partial charge in [-0.1, -0.05) is 122 Å². The smallest absolute Gasteiger partial charge is 0.499 e. The molecule has 0 spiro atoms. The Morgan fingerprint density at radius 1 is 0.560 bits per heavy atom. The highest BCUT2D eigenvalue weighted by Gasteiger charge is 1.98. The van der Waals surface area contributed by atoms with Crippen molar-refractivity contribution in [1.29, 1.82) is 0 Å². The lowest BCUT2D eigenvalue weighted by molar-refractivity contribution is -0.134. The van der Waals surface area contributed by atoms with Gasteiger partial charge in [0.25, 0.3) is 5.97 Å². The molecule has 148 valence electrons. The molecule has 0 radical (unpaired) electrons. The number of hydrogen-bond acceptors (Lipinski definition) is 2. The quantitative estimate of drug-likeness (QED) is 0.172. The first kappa shape index (κ1) is 25.0. The van der Waals surface area contributed by atoms with Gasteiger partial charge in [0, 0.05) is 6.42 Å². The molecule has 0 saturated carbocycles. The normalized spacial score (nSPS) is 10.9. The van der Waals surface area contributed by atoms with E-state index in [1.165, 1.54) is 116 Å². The van der Waals surface area contributed by atoms with Crippen LogP contribution >= 0.6 is 0 Å². The van der Waals surface area contributed by atoms with Gasteiger partial charge in [-0.15, -0.1) is 0 Å². The maximum absolute atomic E-state index is 11.0. The van der Waals surface area contributed by atoms with Crippen molar-refractivity contribution in [3.63, 3.8) is 0 Å². The van der Waals surface area contributed by atoms with E-state index >= 15 is 0 Å². The Morgan fingerprint density at radius 2 is 0.840 bits per heavy atom. The molecule has 0 unspecified atom stereocenters. The fourth-order valence-electron chi connectivity index (χ4n) is 3.45. The van der Waals surface area contributed by atoms with E-state index in [1.807, 2.05) is 0 Å². The van der Waals surface area contributed by atoms with Crippen molar-refractivity contribution in [1.82, 2.24) is 0 Å². The van der Waals surface area contributed by atoms with Gasteiger partial charge in [0.1, 0.15) is 0 Å². The molecule has 0 aliphatic carbocycles. The van der Waals surface area contributed by atoms with Crippen LogP contribution in [0.1, 0.15) is 135 Å². The van der Waals surface area contributed by atoms with E-state index in [0.29, 0.717) is 23.0 Å². The topological polar surface area (TPSA) is 26.3 Å². The molecular weight excluding hydrogens is 323 g/mol. The summed E-state index contributed by atoms with van der Waals surface area (Å²) in [7, 11) is 0. The maximum Gasteiger partial charge on any atom is 0.499 e. The van der Waals surface area contributed by atoms with Gasteiger partial charge in [0.2, 0.25) is 0 Å². The highest BCUT2D eigenvalue weighted by Crippen LogP contribution is 2.14. The SMILES string of the molecule is CCCCCCCCCCCCCCCCCCCCCC(=O)[O][AlH2]. The van der Waals surface area contributed by atoms with Crippen molar-refractivity contribution in [2.24, 2.45) is 0 Å². The molecule has 0 atom stereocenters. The molecule has 2 nitrogen and oxygen atoms in total. The minimum atomic E-state index is -0.00126. The first-order valence-electron chi connectivity index (χ1n) is 11.4. The van der Waals surface area contributed by atoms with E-state index in [4.69, 9.17) is 3.79 Å². The van der Waals surface area contributed by atoms with E-state index in [-0.39, 0.29) is 5.97 Å². The minimum absolute atomic E-state index is 0.00126. The van der Waals surface area contributed by atoms with Gasteiger partial charge >= 0.3 is 16.6 Å². The standard InChI is InChI=1S/C22H44O2.Al.2H/c1-2-3-4-5-6-7-8-9-10-11-12-13-14-15-16-17-18-19-20-21-22(23)24;;;/h2-21H2,1H3,(H,23,24);;;/q;+1;;/p-1. The molecule has 3 heteroatoms. The monoisotopic (exact) mass is 368 g/mol. The van der Waals surface area contributed by atoms with E-state index in [9.17, 15) is 4.79 Å². The van der Waals surface area contributed by atoms with E-state index in [2.05, 4.69) is 6.92 Å². The highest BCUT2D eigenvalue weighted by atomic mass is 27.1. The molecule has 0 saturated heterocycles. The summed E-state index contributed by atoms with van der Waals surface area (Å²) in [6.45, 7) is 2.29. The Morgan fingerprint density at radius 3 is 1.12 bits per heavy atom. The second-order valence-electron chi connectivity index (χ2n) is 7.69. The molecule has 0 aromatic carbocycles. The first-order valence-corrected chi connectivity index (χ1v) is 12.2. The van der Waals surface area contributed by atoms with Crippen LogP contribution < -0.4 is 0 Å². The Kier molecular flexibility index (Phi) is 22.0. The summed E-state index contributed by atoms with van der Waals surface area (Å²) in [6.07, 6.45) is 27.0. The largest absolute Gasteiger partial charge is 0.621 e. The van der Waals surface area contributed by atoms with Crippen LogP contribution in [-0.4, -0.2) is 22.6 Å². The summed E-state index contributed by atoms with van der Waals surface area (Å²) in [4.78, 5) is 11.0. The van der Waals surface area contributed by atoms with Crippen LogP contribution in [0.25, 0.3) is 0 Å². The second-order valence-corrected chi connectivity index (χ2v) is 8.10. The number of hydrogen-bond donors (Lipinski definition) is 0. The van der Waals surface area contributed by atoms with Crippen molar-refractivity contribution >= 4 is 22.6 Å². The van der Waals surface area contributed by atoms with Gasteiger partial charge in [-0.2, -0.15) is 0 Å². The number of rotatable bonds is 20. The number of unbranched alkanes of at least 4 members (excludes halogenated alkanes) is 18. The van der Waals surface area contributed by atoms with E-state index in [1.54, 1.807) is 0 Å². The van der Waals surface area contributed by atoms with E-state index < -0.39 is 0 Å². The van der Waals surface area contributed by atoms with Crippen molar-refractivity contribution < 1.29 is 8.58 Å². The van der Waals surface area contributed by atoms with Crippen LogP contribution in [0.2, 0.25) is 0 Å². The van der Waals surface area contributed by atoms with Crippen LogP contribution in [-0.2, 0) is 8.58 Å². The van der Waals surface area contributed by atoms with Crippen molar-refractivity contribution in [3.8, 4) is 0 Å². The zero-order chi connectivity index (χ0) is 18.4. The van der Waals surface area contributed by atoms with Gasteiger partial charge < -0.3 is 3.79 Å². The third kappa shape index (κ3) is 22.0. The molecule has 0 aromatic rings. The molecule has 0 aromatic heterocycles. The van der Waals surface area contributed by atoms with Crippen LogP contribution in [0.15, 0.2) is 0 Å². The van der Waals surface area contributed by atoms with Gasteiger partial charge in [0.15, 0.2) is 0 Å². The first-order chi connectivity index (χ1) is 12.3. The molecule has 0 bridgehead atoms. The molecule has 25 heavy (non-hydrogen) atoms. The summed E-state index contributed by atoms with van der Waals surface area (Å²) in [5, 5.41) is 0. The fraction of sp³-hybridized carbons (Fsp3) is 0.955. The molecule has 0 N–H and O–H groups in total. The predicted octanol–water partition coefficient (Wildman–Crippen LogP) is 6.90. The van der Waals surface area contributed by atoms with Gasteiger partial charge in [-0.25, -0.2) is 0 Å². The maximum atomic E-state index is 11.0. The van der Waals surface area contributed by atoms with Crippen LogP contribution in [0.3, 0.4) is 0 Å². The molecule has 0 aliphatic rings. The van der Waals surface area contributed by atoms with Crippen LogP contribution in [0.4, 0.5) is 0 Å². The lowest BCUT2D eigenvalue weighted by Gasteiger charge is -2.04. The second kappa shape index (κ2) is 22.0. The van der Waals surface area contributed by atoms with Crippen molar-refractivity contribution in [2.45, 2.75) is 135 Å². The lowest BCUT2D eigenvalue weighted by atomic mass is 10.0. The van der Waals surface area contributed by atoms with E-state index in [0.717, 1.165) is 6.42 Å². The van der Waals surface area contributed by atoms with Crippen molar-refractivity contribution in [2.75, 3.05) is 0 Å². The Hall–Kier alpha value is 0.00247. The molecule has 0 fully saturated rings. The summed E-state index contributed by atoms with van der Waals surface area (Å²) in [5.41, 5.74) is 0. The van der Waals surface area contributed by atoms with Gasteiger partial charge in [0.05, 0.1) is 0 Å². The summed E-state index contributed by atoms with van der Waals surface area (Å²) in [6, 6.07) is 0. The lowest BCUT2D eigenvalue weighted by Crippen LogP contribution is -2.00. The highest BCUT2D eigenvalue weighted by molar-refractivity contribution is 6.05.